The molecule has 1 fully saturated rings. The average Bonchev–Trinajstić information content (AvgIpc) is 3.02. The summed E-state index contributed by atoms with van der Waals surface area (Å²) in [7, 11) is 0. The van der Waals surface area contributed by atoms with Crippen molar-refractivity contribution >= 4 is 23.2 Å². The van der Waals surface area contributed by atoms with Crippen molar-refractivity contribution in [2.24, 2.45) is 0 Å². The molecule has 0 spiro atoms. The molecule has 1 saturated heterocycles. The van der Waals surface area contributed by atoms with Gasteiger partial charge in [-0.2, -0.15) is 0 Å². The molecule has 1 aliphatic heterocycles. The minimum atomic E-state index is -0.430. The number of hydrogen-bond acceptors (Lipinski definition) is 4. The zero-order valence-corrected chi connectivity index (χ0v) is 12.8. The number of carbonyl (C=O) groups excluding carboxylic acids is 1. The van der Waals surface area contributed by atoms with Crippen LogP contribution in [0.1, 0.15) is 16.8 Å². The van der Waals surface area contributed by atoms with Crippen molar-refractivity contribution in [3.63, 3.8) is 0 Å². The van der Waals surface area contributed by atoms with Gasteiger partial charge in [0, 0.05) is 18.3 Å². The van der Waals surface area contributed by atoms with Crippen LogP contribution < -0.4 is 10.1 Å². The number of aromatic nitrogens is 1. The molecule has 1 aromatic heterocycles. The SMILES string of the molecule is O=C(Nc1cccc(F)c1)c1cnc(O[C@@H]2CCOC2)c(Cl)c1. The first kappa shape index (κ1) is 15.7. The van der Waals surface area contributed by atoms with Gasteiger partial charge in [-0.3, -0.25) is 4.79 Å². The number of hydrogen-bond donors (Lipinski definition) is 1. The van der Waals surface area contributed by atoms with Gasteiger partial charge >= 0.3 is 0 Å². The average molecular weight is 337 g/mol. The number of pyridine rings is 1. The Labute approximate surface area is 137 Å². The zero-order valence-electron chi connectivity index (χ0n) is 12.1. The third kappa shape index (κ3) is 3.97. The van der Waals surface area contributed by atoms with Gasteiger partial charge < -0.3 is 14.8 Å². The van der Waals surface area contributed by atoms with Crippen molar-refractivity contribution in [1.29, 1.82) is 0 Å². The highest BCUT2D eigenvalue weighted by Gasteiger charge is 2.20. The normalized spacial score (nSPS) is 17.0. The molecule has 0 unspecified atom stereocenters. The van der Waals surface area contributed by atoms with Crippen molar-refractivity contribution in [2.75, 3.05) is 18.5 Å². The fourth-order valence-corrected chi connectivity index (χ4v) is 2.38. The number of rotatable bonds is 4. The number of halogens is 2. The zero-order chi connectivity index (χ0) is 16.2. The number of nitrogens with one attached hydrogen (secondary N) is 1. The van der Waals surface area contributed by atoms with Crippen molar-refractivity contribution in [3.8, 4) is 5.88 Å². The standard InChI is InChI=1S/C16H14ClFN2O3/c17-14-6-10(8-19-16(14)23-13-4-5-22-9-13)15(21)20-12-3-1-2-11(18)7-12/h1-3,6-8,13H,4-5,9H2,(H,20,21)/t13-/m1/s1. The van der Waals surface area contributed by atoms with Crippen molar-refractivity contribution in [3.05, 3.63) is 52.9 Å². The predicted octanol–water partition coefficient (Wildman–Crippen LogP) is 3.29. The summed E-state index contributed by atoms with van der Waals surface area (Å²) in [6.45, 7) is 1.15. The van der Waals surface area contributed by atoms with Crippen LogP contribution >= 0.6 is 11.6 Å². The molecule has 0 aliphatic carbocycles. The molecule has 2 aromatic rings. The fourth-order valence-electron chi connectivity index (χ4n) is 2.17. The van der Waals surface area contributed by atoms with Crippen LogP contribution in [-0.2, 0) is 4.74 Å². The molecular weight excluding hydrogens is 323 g/mol. The summed E-state index contributed by atoms with van der Waals surface area (Å²) in [6, 6.07) is 7.09. The third-order valence-electron chi connectivity index (χ3n) is 3.32. The van der Waals surface area contributed by atoms with Crippen LogP contribution in [0.25, 0.3) is 0 Å². The minimum Gasteiger partial charge on any atom is -0.471 e. The molecule has 23 heavy (non-hydrogen) atoms. The maximum atomic E-state index is 13.1. The Morgan fingerprint density at radius 2 is 2.30 bits per heavy atom. The van der Waals surface area contributed by atoms with Crippen molar-refractivity contribution in [2.45, 2.75) is 12.5 Å². The second-order valence-corrected chi connectivity index (χ2v) is 5.49. The van der Waals surface area contributed by atoms with Crippen LogP contribution in [-0.4, -0.2) is 30.2 Å². The quantitative estimate of drug-likeness (QED) is 0.930. The van der Waals surface area contributed by atoms with Gasteiger partial charge in [0.05, 0.1) is 18.8 Å². The molecule has 7 heteroatoms. The highest BCUT2D eigenvalue weighted by molar-refractivity contribution is 6.32. The predicted molar refractivity (Wildman–Crippen MR) is 83.5 cm³/mol. The summed E-state index contributed by atoms with van der Waals surface area (Å²) in [5.41, 5.74) is 0.615. The summed E-state index contributed by atoms with van der Waals surface area (Å²) >= 11 is 6.11. The second kappa shape index (κ2) is 6.93. The Morgan fingerprint density at radius 1 is 1.43 bits per heavy atom. The van der Waals surface area contributed by atoms with E-state index >= 15 is 0 Å². The van der Waals surface area contributed by atoms with Crippen LogP contribution in [0.3, 0.4) is 0 Å². The van der Waals surface area contributed by atoms with E-state index in [0.29, 0.717) is 18.9 Å². The first-order chi connectivity index (χ1) is 11.1. The summed E-state index contributed by atoms with van der Waals surface area (Å²) in [4.78, 5) is 16.2. The number of benzene rings is 1. The molecule has 0 radical (unpaired) electrons. The third-order valence-corrected chi connectivity index (χ3v) is 3.59. The summed E-state index contributed by atoms with van der Waals surface area (Å²) < 4.78 is 24.0. The molecule has 2 heterocycles. The molecule has 0 bridgehead atoms. The molecular formula is C16H14ClFN2O3. The van der Waals surface area contributed by atoms with Gasteiger partial charge in [0.1, 0.15) is 16.9 Å². The van der Waals surface area contributed by atoms with E-state index in [1.54, 1.807) is 6.07 Å². The molecule has 1 atom stereocenters. The Balaban J connectivity index is 1.70. The smallest absolute Gasteiger partial charge is 0.257 e. The monoisotopic (exact) mass is 336 g/mol. The maximum absolute atomic E-state index is 13.1. The minimum absolute atomic E-state index is 0.0769. The van der Waals surface area contributed by atoms with E-state index in [-0.39, 0.29) is 22.6 Å². The van der Waals surface area contributed by atoms with E-state index in [4.69, 9.17) is 21.1 Å². The van der Waals surface area contributed by atoms with E-state index in [1.165, 1.54) is 30.5 Å². The lowest BCUT2D eigenvalue weighted by atomic mass is 10.2. The van der Waals surface area contributed by atoms with Gasteiger partial charge in [-0.25, -0.2) is 9.37 Å². The fraction of sp³-hybridized carbons (Fsp3) is 0.250. The first-order valence-corrected chi connectivity index (χ1v) is 7.46. The van der Waals surface area contributed by atoms with E-state index in [2.05, 4.69) is 10.3 Å². The number of carbonyl (C=O) groups is 1. The van der Waals surface area contributed by atoms with Gasteiger partial charge in [-0.15, -0.1) is 0 Å². The maximum Gasteiger partial charge on any atom is 0.257 e. The van der Waals surface area contributed by atoms with E-state index in [9.17, 15) is 9.18 Å². The van der Waals surface area contributed by atoms with Crippen molar-refractivity contribution < 1.29 is 18.7 Å². The topological polar surface area (TPSA) is 60.5 Å². The van der Waals surface area contributed by atoms with Crippen LogP contribution in [0.2, 0.25) is 5.02 Å². The number of anilines is 1. The largest absolute Gasteiger partial charge is 0.471 e. The molecule has 3 rings (SSSR count). The number of amides is 1. The van der Waals surface area contributed by atoms with E-state index in [1.807, 2.05) is 0 Å². The Morgan fingerprint density at radius 3 is 3.00 bits per heavy atom. The summed E-state index contributed by atoms with van der Waals surface area (Å²) in [6.07, 6.45) is 2.07. The molecule has 0 saturated carbocycles. The first-order valence-electron chi connectivity index (χ1n) is 7.08. The molecule has 1 amide bonds. The lowest BCUT2D eigenvalue weighted by molar-refractivity contribution is 0.102. The Bertz CT molecular complexity index is 720. The van der Waals surface area contributed by atoms with Crippen molar-refractivity contribution in [1.82, 2.24) is 4.98 Å². The number of ether oxygens (including phenoxy) is 2. The molecule has 5 nitrogen and oxygen atoms in total. The van der Waals surface area contributed by atoms with Gasteiger partial charge in [-0.1, -0.05) is 17.7 Å². The highest BCUT2D eigenvalue weighted by Crippen LogP contribution is 2.25. The van der Waals surface area contributed by atoms with Crippen LogP contribution in [0.15, 0.2) is 36.5 Å². The molecule has 1 aromatic carbocycles. The molecule has 1 N–H and O–H groups in total. The summed E-state index contributed by atoms with van der Waals surface area (Å²) in [5.74, 6) is -0.591. The Kier molecular flexibility index (Phi) is 4.73. The number of nitrogens with zero attached hydrogens (tertiary/aromatic N) is 1. The van der Waals surface area contributed by atoms with Crippen LogP contribution in [0.5, 0.6) is 5.88 Å². The van der Waals surface area contributed by atoms with Gasteiger partial charge in [0.2, 0.25) is 5.88 Å². The van der Waals surface area contributed by atoms with Crippen LogP contribution in [0, 0.1) is 5.82 Å². The van der Waals surface area contributed by atoms with E-state index < -0.39 is 11.7 Å². The van der Waals surface area contributed by atoms with Crippen LogP contribution in [0.4, 0.5) is 10.1 Å². The lowest BCUT2D eigenvalue weighted by Gasteiger charge is -2.12. The molecule has 120 valence electrons. The highest BCUT2D eigenvalue weighted by atomic mass is 35.5. The second-order valence-electron chi connectivity index (χ2n) is 5.08. The van der Waals surface area contributed by atoms with Gasteiger partial charge in [-0.05, 0) is 24.3 Å². The Hall–Kier alpha value is -2.18. The lowest BCUT2D eigenvalue weighted by Crippen LogP contribution is -2.17. The van der Waals surface area contributed by atoms with E-state index in [0.717, 1.165) is 6.42 Å². The molecule has 1 aliphatic rings. The van der Waals surface area contributed by atoms with Gasteiger partial charge in [0.25, 0.3) is 5.91 Å². The summed E-state index contributed by atoms with van der Waals surface area (Å²) in [5, 5.41) is 2.82. The van der Waals surface area contributed by atoms with Gasteiger partial charge in [0.15, 0.2) is 0 Å².